The van der Waals surface area contributed by atoms with Crippen LogP contribution in [0.3, 0.4) is 0 Å². The number of hydrogen-bond acceptors (Lipinski definition) is 3. The Bertz CT molecular complexity index is 533. The van der Waals surface area contributed by atoms with E-state index >= 15 is 0 Å². The van der Waals surface area contributed by atoms with E-state index in [1.165, 1.54) is 5.56 Å². The molecule has 2 heterocycles. The van der Waals surface area contributed by atoms with Crippen LogP contribution in [0.15, 0.2) is 16.6 Å². The molecule has 5 heteroatoms. The van der Waals surface area contributed by atoms with Gasteiger partial charge >= 0.3 is 0 Å². The Balaban J connectivity index is 1.85. The highest BCUT2D eigenvalue weighted by atomic mass is 79.9. The summed E-state index contributed by atoms with van der Waals surface area (Å²) in [5.74, 6) is 1.15. The van der Waals surface area contributed by atoms with Gasteiger partial charge < -0.3 is 15.0 Å². The fourth-order valence-electron chi connectivity index (χ4n) is 2.89. The summed E-state index contributed by atoms with van der Waals surface area (Å²) >= 11 is 3.55. The van der Waals surface area contributed by atoms with Crippen LogP contribution in [0.4, 0.5) is 0 Å². The van der Waals surface area contributed by atoms with Crippen molar-refractivity contribution < 1.29 is 9.53 Å². The van der Waals surface area contributed by atoms with E-state index < -0.39 is 0 Å². The second kappa shape index (κ2) is 5.74. The van der Waals surface area contributed by atoms with Gasteiger partial charge in [0.05, 0.1) is 12.6 Å². The standard InChI is InChI=1S/C15H19BrN2O2/c1-10-15(19)18(5-2-4-17-10)9-12-8-13(16)7-11-3-6-20-14(11)12/h7-8,10,17H,2-6,9H2,1H3. The third-order valence-electron chi connectivity index (χ3n) is 3.92. The number of benzene rings is 1. The minimum Gasteiger partial charge on any atom is -0.493 e. The fraction of sp³-hybridized carbons (Fsp3) is 0.533. The molecule has 1 fully saturated rings. The number of carbonyl (C=O) groups excluding carboxylic acids is 1. The summed E-state index contributed by atoms with van der Waals surface area (Å²) in [6.07, 6.45) is 1.95. The Kier molecular flexibility index (Phi) is 3.98. The Morgan fingerprint density at radius 2 is 2.35 bits per heavy atom. The van der Waals surface area contributed by atoms with Gasteiger partial charge in [0.15, 0.2) is 0 Å². The molecule has 0 bridgehead atoms. The van der Waals surface area contributed by atoms with E-state index in [0.717, 1.165) is 48.3 Å². The molecule has 1 aromatic rings. The van der Waals surface area contributed by atoms with E-state index in [-0.39, 0.29) is 11.9 Å². The van der Waals surface area contributed by atoms with Crippen LogP contribution >= 0.6 is 15.9 Å². The van der Waals surface area contributed by atoms with E-state index in [1.807, 2.05) is 11.8 Å². The molecule has 20 heavy (non-hydrogen) atoms. The van der Waals surface area contributed by atoms with Crippen LogP contribution in [0.2, 0.25) is 0 Å². The van der Waals surface area contributed by atoms with Gasteiger partial charge in [-0.3, -0.25) is 4.79 Å². The highest BCUT2D eigenvalue weighted by Crippen LogP contribution is 2.33. The predicted molar refractivity (Wildman–Crippen MR) is 80.8 cm³/mol. The third kappa shape index (κ3) is 2.69. The lowest BCUT2D eigenvalue weighted by atomic mass is 10.1. The maximum Gasteiger partial charge on any atom is 0.239 e. The molecule has 0 radical (unpaired) electrons. The van der Waals surface area contributed by atoms with Crippen molar-refractivity contribution in [2.45, 2.75) is 32.4 Å². The molecule has 2 aliphatic heterocycles. The molecule has 1 amide bonds. The monoisotopic (exact) mass is 338 g/mol. The van der Waals surface area contributed by atoms with Crippen molar-refractivity contribution in [2.24, 2.45) is 0 Å². The topological polar surface area (TPSA) is 41.6 Å². The van der Waals surface area contributed by atoms with Crippen LogP contribution in [0, 0.1) is 0 Å². The molecule has 1 unspecified atom stereocenters. The molecule has 0 spiro atoms. The Morgan fingerprint density at radius 1 is 1.50 bits per heavy atom. The lowest BCUT2D eigenvalue weighted by Gasteiger charge is -2.23. The van der Waals surface area contributed by atoms with Gasteiger partial charge in [0.25, 0.3) is 0 Å². The zero-order valence-electron chi connectivity index (χ0n) is 11.6. The molecule has 108 valence electrons. The minimum atomic E-state index is -0.0985. The molecular weight excluding hydrogens is 320 g/mol. The molecule has 1 aromatic carbocycles. The average molecular weight is 339 g/mol. The summed E-state index contributed by atoms with van der Waals surface area (Å²) in [5.41, 5.74) is 2.34. The molecule has 2 aliphatic rings. The first-order valence-corrected chi connectivity index (χ1v) is 7.91. The maximum atomic E-state index is 12.3. The number of nitrogens with zero attached hydrogens (tertiary/aromatic N) is 1. The molecule has 0 aliphatic carbocycles. The Labute approximate surface area is 127 Å². The first-order chi connectivity index (χ1) is 9.65. The van der Waals surface area contributed by atoms with E-state index in [9.17, 15) is 4.79 Å². The number of halogens is 1. The van der Waals surface area contributed by atoms with Gasteiger partial charge in [0.2, 0.25) is 5.91 Å². The number of carbonyl (C=O) groups is 1. The van der Waals surface area contributed by atoms with Gasteiger partial charge in [-0.1, -0.05) is 15.9 Å². The number of hydrogen-bond donors (Lipinski definition) is 1. The normalized spacial score (nSPS) is 22.4. The first kappa shape index (κ1) is 13.9. The summed E-state index contributed by atoms with van der Waals surface area (Å²) in [6, 6.07) is 4.08. The molecular formula is C15H19BrN2O2. The quantitative estimate of drug-likeness (QED) is 0.897. The van der Waals surface area contributed by atoms with Crippen LogP contribution in [-0.4, -0.2) is 36.5 Å². The summed E-state index contributed by atoms with van der Waals surface area (Å²) in [5, 5.41) is 3.24. The molecule has 1 saturated heterocycles. The zero-order valence-corrected chi connectivity index (χ0v) is 13.2. The lowest BCUT2D eigenvalue weighted by Crippen LogP contribution is -2.41. The van der Waals surface area contributed by atoms with Crippen molar-refractivity contribution in [1.29, 1.82) is 0 Å². The van der Waals surface area contributed by atoms with Crippen molar-refractivity contribution in [2.75, 3.05) is 19.7 Å². The second-order valence-corrected chi connectivity index (χ2v) is 6.36. The van der Waals surface area contributed by atoms with Crippen LogP contribution in [-0.2, 0) is 17.8 Å². The van der Waals surface area contributed by atoms with Gasteiger partial charge in [0, 0.05) is 29.5 Å². The van der Waals surface area contributed by atoms with Crippen molar-refractivity contribution in [3.8, 4) is 5.75 Å². The largest absolute Gasteiger partial charge is 0.493 e. The summed E-state index contributed by atoms with van der Waals surface area (Å²) < 4.78 is 6.81. The van der Waals surface area contributed by atoms with Gasteiger partial charge in [-0.15, -0.1) is 0 Å². The van der Waals surface area contributed by atoms with Gasteiger partial charge in [-0.2, -0.15) is 0 Å². The van der Waals surface area contributed by atoms with Crippen molar-refractivity contribution in [3.63, 3.8) is 0 Å². The third-order valence-corrected chi connectivity index (χ3v) is 4.38. The summed E-state index contributed by atoms with van der Waals surface area (Å²) in [6.45, 7) is 5.01. The predicted octanol–water partition coefficient (Wildman–Crippen LogP) is 2.09. The van der Waals surface area contributed by atoms with Gasteiger partial charge in [0.1, 0.15) is 5.75 Å². The minimum absolute atomic E-state index is 0.0985. The lowest BCUT2D eigenvalue weighted by molar-refractivity contribution is -0.132. The molecule has 0 saturated carbocycles. The number of amides is 1. The van der Waals surface area contributed by atoms with E-state index in [2.05, 4.69) is 33.4 Å². The SMILES string of the molecule is CC1NCCCN(Cc2cc(Br)cc3c2OCC3)C1=O. The molecule has 3 rings (SSSR count). The Hall–Kier alpha value is -1.07. The highest BCUT2D eigenvalue weighted by Gasteiger charge is 2.25. The number of rotatable bonds is 2. The molecule has 0 aromatic heterocycles. The van der Waals surface area contributed by atoms with Gasteiger partial charge in [-0.25, -0.2) is 0 Å². The van der Waals surface area contributed by atoms with Crippen molar-refractivity contribution >= 4 is 21.8 Å². The van der Waals surface area contributed by atoms with Crippen LogP contribution in [0.1, 0.15) is 24.5 Å². The summed E-state index contributed by atoms with van der Waals surface area (Å²) in [7, 11) is 0. The van der Waals surface area contributed by atoms with Crippen molar-refractivity contribution in [3.05, 3.63) is 27.7 Å². The van der Waals surface area contributed by atoms with Crippen LogP contribution < -0.4 is 10.1 Å². The number of fused-ring (bicyclic) bond motifs is 1. The van der Waals surface area contributed by atoms with Crippen LogP contribution in [0.5, 0.6) is 5.75 Å². The molecule has 1 N–H and O–H groups in total. The van der Waals surface area contributed by atoms with E-state index in [4.69, 9.17) is 4.74 Å². The average Bonchev–Trinajstić information content (AvgIpc) is 2.83. The zero-order chi connectivity index (χ0) is 14.1. The summed E-state index contributed by atoms with van der Waals surface area (Å²) in [4.78, 5) is 14.3. The highest BCUT2D eigenvalue weighted by molar-refractivity contribution is 9.10. The maximum absolute atomic E-state index is 12.3. The van der Waals surface area contributed by atoms with E-state index in [0.29, 0.717) is 6.54 Å². The van der Waals surface area contributed by atoms with E-state index in [1.54, 1.807) is 0 Å². The smallest absolute Gasteiger partial charge is 0.239 e. The van der Waals surface area contributed by atoms with Gasteiger partial charge in [-0.05, 0) is 37.6 Å². The number of ether oxygens (including phenoxy) is 1. The fourth-order valence-corrected chi connectivity index (χ4v) is 3.44. The second-order valence-electron chi connectivity index (χ2n) is 5.44. The first-order valence-electron chi connectivity index (χ1n) is 7.11. The Morgan fingerprint density at radius 3 is 3.20 bits per heavy atom. The molecule has 1 atom stereocenters. The number of nitrogens with one attached hydrogen (secondary N) is 1. The van der Waals surface area contributed by atoms with Crippen LogP contribution in [0.25, 0.3) is 0 Å². The molecule has 4 nitrogen and oxygen atoms in total. The van der Waals surface area contributed by atoms with Crippen molar-refractivity contribution in [1.82, 2.24) is 10.2 Å².